The van der Waals surface area contributed by atoms with Gasteiger partial charge in [-0.1, -0.05) is 6.58 Å². The quantitative estimate of drug-likeness (QED) is 0.246. The van der Waals surface area contributed by atoms with E-state index in [1.807, 2.05) is 0 Å². The van der Waals surface area contributed by atoms with Crippen LogP contribution in [0.4, 0.5) is 0 Å². The molecule has 0 unspecified atom stereocenters. The SMILES string of the molecule is C=C(C)C(=O)OCCCCS(=O)(=O)O.[K]. The topological polar surface area (TPSA) is 80.7 Å². The fraction of sp³-hybridized carbons (Fsp3) is 0.625. The third-order valence-corrected chi connectivity index (χ3v) is 2.18. The molecule has 0 aliphatic heterocycles. The van der Waals surface area contributed by atoms with Crippen molar-refractivity contribution in [2.24, 2.45) is 0 Å². The molecule has 0 aromatic carbocycles. The van der Waals surface area contributed by atoms with E-state index < -0.39 is 16.1 Å². The summed E-state index contributed by atoms with van der Waals surface area (Å²) in [7, 11) is -3.90. The van der Waals surface area contributed by atoms with Crippen molar-refractivity contribution in [3.63, 3.8) is 0 Å². The minimum atomic E-state index is -3.90. The summed E-state index contributed by atoms with van der Waals surface area (Å²) in [5.41, 5.74) is 0.305. The van der Waals surface area contributed by atoms with Crippen molar-refractivity contribution in [1.29, 1.82) is 0 Å². The Bertz CT molecular complexity index is 309. The van der Waals surface area contributed by atoms with Crippen molar-refractivity contribution in [3.05, 3.63) is 12.2 Å². The zero-order valence-corrected chi connectivity index (χ0v) is 13.0. The van der Waals surface area contributed by atoms with Gasteiger partial charge in [0.05, 0.1) is 12.4 Å². The molecule has 0 heterocycles. The van der Waals surface area contributed by atoms with Gasteiger partial charge in [0, 0.05) is 57.0 Å². The van der Waals surface area contributed by atoms with Gasteiger partial charge in [0.15, 0.2) is 0 Å². The molecule has 0 aromatic heterocycles. The zero-order chi connectivity index (χ0) is 11.2. The number of esters is 1. The van der Waals surface area contributed by atoms with E-state index in [2.05, 4.69) is 6.58 Å². The Balaban J connectivity index is 0. The summed E-state index contributed by atoms with van der Waals surface area (Å²) in [6, 6.07) is 0. The number of hydrogen-bond acceptors (Lipinski definition) is 4. The fourth-order valence-corrected chi connectivity index (χ4v) is 1.24. The van der Waals surface area contributed by atoms with Gasteiger partial charge in [-0.05, 0) is 19.8 Å². The van der Waals surface area contributed by atoms with E-state index in [0.717, 1.165) is 0 Å². The van der Waals surface area contributed by atoms with Gasteiger partial charge in [-0.25, -0.2) is 4.79 Å². The molecular formula is C8H14KO5S. The molecule has 0 saturated heterocycles. The first-order chi connectivity index (χ1) is 6.33. The van der Waals surface area contributed by atoms with E-state index in [4.69, 9.17) is 9.29 Å². The molecule has 0 saturated carbocycles. The standard InChI is InChI=1S/C8H14O5S.K/c1-7(2)8(9)13-5-3-4-6-14(10,11)12;/h1,3-6H2,2H3,(H,10,11,12);. The van der Waals surface area contributed by atoms with Crippen LogP contribution >= 0.6 is 0 Å². The van der Waals surface area contributed by atoms with Gasteiger partial charge in [0.2, 0.25) is 0 Å². The number of rotatable bonds is 6. The molecule has 0 aliphatic rings. The summed E-state index contributed by atoms with van der Waals surface area (Å²) >= 11 is 0. The first kappa shape index (κ1) is 18.1. The second-order valence-corrected chi connectivity index (χ2v) is 4.48. The van der Waals surface area contributed by atoms with E-state index in [0.29, 0.717) is 12.0 Å². The van der Waals surface area contributed by atoms with Crippen LogP contribution in [0.25, 0.3) is 0 Å². The monoisotopic (exact) mass is 261 g/mol. The van der Waals surface area contributed by atoms with Crippen molar-refractivity contribution in [1.82, 2.24) is 0 Å². The minimum absolute atomic E-state index is 0. The largest absolute Gasteiger partial charge is 0.462 e. The first-order valence-electron chi connectivity index (χ1n) is 4.11. The number of ether oxygens (including phenoxy) is 1. The van der Waals surface area contributed by atoms with Gasteiger partial charge in [-0.2, -0.15) is 8.42 Å². The van der Waals surface area contributed by atoms with E-state index in [9.17, 15) is 13.2 Å². The van der Waals surface area contributed by atoms with Gasteiger partial charge in [0.25, 0.3) is 10.1 Å². The maximum Gasteiger partial charge on any atom is 0.333 e. The summed E-state index contributed by atoms with van der Waals surface area (Å²) < 4.78 is 33.6. The van der Waals surface area contributed by atoms with Crippen molar-refractivity contribution < 1.29 is 22.5 Å². The second-order valence-electron chi connectivity index (χ2n) is 2.91. The van der Waals surface area contributed by atoms with E-state index in [1.165, 1.54) is 6.92 Å². The number of hydrogen-bond donors (Lipinski definition) is 1. The molecule has 83 valence electrons. The maximum absolute atomic E-state index is 10.8. The Kier molecular flexibility index (Phi) is 10.7. The van der Waals surface area contributed by atoms with Crippen LogP contribution in [0.5, 0.6) is 0 Å². The minimum Gasteiger partial charge on any atom is -0.462 e. The summed E-state index contributed by atoms with van der Waals surface area (Å²) in [6.45, 7) is 5.05. The summed E-state index contributed by atoms with van der Waals surface area (Å²) in [5.74, 6) is -0.797. The smallest absolute Gasteiger partial charge is 0.333 e. The number of unbranched alkanes of at least 4 members (excludes halogenated alkanes) is 1. The maximum atomic E-state index is 10.8. The Morgan fingerprint density at radius 2 is 1.93 bits per heavy atom. The fourth-order valence-electron chi connectivity index (χ4n) is 0.675. The van der Waals surface area contributed by atoms with Crippen LogP contribution < -0.4 is 0 Å². The predicted octanol–water partition coefficient (Wildman–Crippen LogP) is 0.393. The van der Waals surface area contributed by atoms with Gasteiger partial charge in [-0.15, -0.1) is 0 Å². The molecule has 15 heavy (non-hydrogen) atoms. The summed E-state index contributed by atoms with van der Waals surface area (Å²) in [4.78, 5) is 10.8. The first-order valence-corrected chi connectivity index (χ1v) is 5.71. The van der Waals surface area contributed by atoms with Gasteiger partial charge in [0.1, 0.15) is 0 Å². The van der Waals surface area contributed by atoms with Crippen LogP contribution in [0.15, 0.2) is 12.2 Å². The van der Waals surface area contributed by atoms with E-state index in [-0.39, 0.29) is 70.2 Å². The Labute approximate surface area is 132 Å². The Morgan fingerprint density at radius 1 is 1.40 bits per heavy atom. The molecule has 1 N–H and O–H groups in total. The summed E-state index contributed by atoms with van der Waals surface area (Å²) in [6.07, 6.45) is 0.668. The zero-order valence-electron chi connectivity index (χ0n) is 9.02. The Hall–Kier alpha value is 0.756. The van der Waals surface area contributed by atoms with Crippen LogP contribution in [0.2, 0.25) is 0 Å². The van der Waals surface area contributed by atoms with Crippen LogP contribution in [-0.4, -0.2) is 82.7 Å². The normalized spacial score (nSPS) is 10.3. The van der Waals surface area contributed by atoms with E-state index in [1.54, 1.807) is 0 Å². The van der Waals surface area contributed by atoms with Crippen molar-refractivity contribution >= 4 is 67.5 Å². The average Bonchev–Trinajstić information content (AvgIpc) is 2.01. The third kappa shape index (κ3) is 12.7. The van der Waals surface area contributed by atoms with Crippen molar-refractivity contribution in [3.8, 4) is 0 Å². The van der Waals surface area contributed by atoms with Crippen molar-refractivity contribution in [2.75, 3.05) is 12.4 Å². The predicted molar refractivity (Wildman–Crippen MR) is 57.2 cm³/mol. The molecule has 0 spiro atoms. The van der Waals surface area contributed by atoms with Crippen molar-refractivity contribution in [2.45, 2.75) is 19.8 Å². The molecule has 0 rings (SSSR count). The molecule has 0 fully saturated rings. The summed E-state index contributed by atoms with van der Waals surface area (Å²) in [5, 5.41) is 0. The van der Waals surface area contributed by atoms with Crippen LogP contribution in [-0.2, 0) is 19.6 Å². The molecule has 0 aliphatic carbocycles. The molecule has 0 amide bonds. The third-order valence-electron chi connectivity index (χ3n) is 1.38. The Morgan fingerprint density at radius 3 is 2.33 bits per heavy atom. The molecule has 1 radical (unpaired) electrons. The van der Waals surface area contributed by atoms with Gasteiger partial charge < -0.3 is 4.74 Å². The molecule has 0 bridgehead atoms. The van der Waals surface area contributed by atoms with Crippen LogP contribution in [0.3, 0.4) is 0 Å². The molecule has 5 nitrogen and oxygen atoms in total. The molecule has 7 heteroatoms. The average molecular weight is 261 g/mol. The molecule has 0 aromatic rings. The molecule has 0 atom stereocenters. The number of carbonyl (C=O) groups is 1. The van der Waals surface area contributed by atoms with Gasteiger partial charge in [-0.3, -0.25) is 4.55 Å². The van der Waals surface area contributed by atoms with Crippen LogP contribution in [0.1, 0.15) is 19.8 Å². The van der Waals surface area contributed by atoms with Crippen LogP contribution in [0, 0.1) is 0 Å². The molecular weight excluding hydrogens is 247 g/mol. The second kappa shape index (κ2) is 8.86. The number of carbonyl (C=O) groups excluding carboxylic acids is 1. The van der Waals surface area contributed by atoms with E-state index >= 15 is 0 Å². The van der Waals surface area contributed by atoms with Gasteiger partial charge >= 0.3 is 5.97 Å².